The average Bonchev–Trinajstić information content (AvgIpc) is 3.23. The van der Waals surface area contributed by atoms with E-state index in [1.54, 1.807) is 47.5 Å². The maximum absolute atomic E-state index is 13.2. The molecule has 9 nitrogen and oxygen atoms in total. The van der Waals surface area contributed by atoms with Crippen LogP contribution in [0.3, 0.4) is 0 Å². The zero-order chi connectivity index (χ0) is 22.7. The summed E-state index contributed by atoms with van der Waals surface area (Å²) in [4.78, 5) is 32.0. The fourth-order valence-electron chi connectivity index (χ4n) is 3.09. The van der Waals surface area contributed by atoms with Gasteiger partial charge in [0.2, 0.25) is 0 Å². The largest absolute Gasteiger partial charge is 0.480 e. The highest BCUT2D eigenvalue weighted by molar-refractivity contribution is 6.05. The van der Waals surface area contributed by atoms with Crippen LogP contribution in [0.4, 0.5) is 10.2 Å². The number of pyridine rings is 2. The van der Waals surface area contributed by atoms with E-state index in [1.807, 2.05) is 0 Å². The molecule has 1 aromatic carbocycles. The summed E-state index contributed by atoms with van der Waals surface area (Å²) in [6, 6.07) is 8.49. The molecule has 0 bridgehead atoms. The molecule has 32 heavy (non-hydrogen) atoms. The Labute approximate surface area is 181 Å². The van der Waals surface area contributed by atoms with E-state index in [0.717, 1.165) is 5.56 Å². The molecule has 1 atom stereocenters. The first-order chi connectivity index (χ1) is 15.4. The fourth-order valence-corrected chi connectivity index (χ4v) is 3.09. The van der Waals surface area contributed by atoms with E-state index in [9.17, 15) is 14.0 Å². The second-order valence-corrected chi connectivity index (χ2v) is 7.09. The molecular formula is C22H19FN6O3. The van der Waals surface area contributed by atoms with Crippen molar-refractivity contribution in [1.82, 2.24) is 25.1 Å². The topological polar surface area (TPSA) is 122 Å². The first-order valence-electron chi connectivity index (χ1n) is 9.72. The quantitative estimate of drug-likeness (QED) is 0.409. The van der Waals surface area contributed by atoms with E-state index in [2.05, 4.69) is 25.7 Å². The van der Waals surface area contributed by atoms with Gasteiger partial charge in [0.15, 0.2) is 0 Å². The highest BCUT2D eigenvalue weighted by atomic mass is 19.1. The summed E-state index contributed by atoms with van der Waals surface area (Å²) in [6.07, 6.45) is 6.19. The lowest BCUT2D eigenvalue weighted by Gasteiger charge is -2.10. The van der Waals surface area contributed by atoms with Gasteiger partial charge in [0, 0.05) is 24.3 Å². The average molecular weight is 434 g/mol. The van der Waals surface area contributed by atoms with Crippen LogP contribution in [0.15, 0.2) is 61.2 Å². The molecule has 0 saturated heterocycles. The highest BCUT2D eigenvalue weighted by Crippen LogP contribution is 2.21. The van der Waals surface area contributed by atoms with E-state index in [-0.39, 0.29) is 18.3 Å². The number of carbonyl (C=O) groups excluding carboxylic acids is 1. The minimum absolute atomic E-state index is 0.225. The lowest BCUT2D eigenvalue weighted by atomic mass is 10.1. The number of hydrogen-bond donors (Lipinski definition) is 3. The number of carboxylic acid groups (broad SMARTS) is 1. The van der Waals surface area contributed by atoms with Crippen LogP contribution in [0, 0.1) is 5.82 Å². The molecule has 3 heterocycles. The molecule has 10 heteroatoms. The van der Waals surface area contributed by atoms with Crippen molar-refractivity contribution < 1.29 is 19.1 Å². The van der Waals surface area contributed by atoms with E-state index in [0.29, 0.717) is 28.0 Å². The lowest BCUT2D eigenvalue weighted by Crippen LogP contribution is -2.26. The van der Waals surface area contributed by atoms with Gasteiger partial charge >= 0.3 is 5.97 Å². The molecule has 4 rings (SSSR count). The van der Waals surface area contributed by atoms with Crippen molar-refractivity contribution in [1.29, 1.82) is 0 Å². The number of fused-ring (bicyclic) bond motifs is 1. The summed E-state index contributed by atoms with van der Waals surface area (Å²) in [6.45, 7) is 1.74. The van der Waals surface area contributed by atoms with Crippen molar-refractivity contribution >= 4 is 28.6 Å². The first kappa shape index (κ1) is 20.9. The number of carboxylic acids is 1. The number of aromatic nitrogens is 4. The summed E-state index contributed by atoms with van der Waals surface area (Å²) in [5, 5.41) is 19.5. The lowest BCUT2D eigenvalue weighted by molar-refractivity contribution is -0.137. The van der Waals surface area contributed by atoms with Crippen LogP contribution in [0.2, 0.25) is 0 Å². The second-order valence-electron chi connectivity index (χ2n) is 7.09. The number of nitrogens with one attached hydrogen (secondary N) is 2. The van der Waals surface area contributed by atoms with Crippen LogP contribution in [0.25, 0.3) is 16.6 Å². The molecule has 0 spiro atoms. The molecule has 3 aromatic heterocycles. The Kier molecular flexibility index (Phi) is 5.75. The molecule has 0 aliphatic heterocycles. The van der Waals surface area contributed by atoms with E-state index in [4.69, 9.17) is 5.11 Å². The Morgan fingerprint density at radius 3 is 2.56 bits per heavy atom. The van der Waals surface area contributed by atoms with Gasteiger partial charge in [0.25, 0.3) is 5.91 Å². The third-order valence-electron chi connectivity index (χ3n) is 4.83. The number of halogens is 1. The third-order valence-corrected chi connectivity index (χ3v) is 4.83. The molecule has 1 unspecified atom stereocenters. The normalized spacial score (nSPS) is 11.8. The molecule has 3 N–H and O–H groups in total. The summed E-state index contributed by atoms with van der Waals surface area (Å²) in [5.41, 5.74) is 2.37. The van der Waals surface area contributed by atoms with Crippen LogP contribution >= 0.6 is 0 Å². The molecule has 4 aromatic rings. The van der Waals surface area contributed by atoms with Gasteiger partial charge in [-0.2, -0.15) is 5.10 Å². The number of amides is 1. The molecule has 0 fully saturated rings. The number of rotatable bonds is 7. The summed E-state index contributed by atoms with van der Waals surface area (Å²) in [5.74, 6) is -1.23. The monoisotopic (exact) mass is 434 g/mol. The molecule has 0 aliphatic carbocycles. The Morgan fingerprint density at radius 2 is 1.88 bits per heavy atom. The standard InChI is InChI=1S/C22H19FN6O3/c1-13(22(31)32)28-20-7-2-14(8-25-20)9-26-21(30)18-10-24-12-19-17(18)11-27-29(19)16-5-3-15(23)4-6-16/h2-8,10-13H,9H2,1H3,(H,25,28)(H,26,30)(H,31,32). The van der Waals surface area contributed by atoms with E-state index >= 15 is 0 Å². The van der Waals surface area contributed by atoms with Gasteiger partial charge in [-0.1, -0.05) is 6.07 Å². The summed E-state index contributed by atoms with van der Waals surface area (Å²) >= 11 is 0. The summed E-state index contributed by atoms with van der Waals surface area (Å²) in [7, 11) is 0. The minimum atomic E-state index is -0.978. The number of hydrogen-bond acceptors (Lipinski definition) is 6. The van der Waals surface area contributed by atoms with Crippen LogP contribution in [0.5, 0.6) is 0 Å². The van der Waals surface area contributed by atoms with Crippen molar-refractivity contribution in [3.63, 3.8) is 0 Å². The van der Waals surface area contributed by atoms with Gasteiger partial charge < -0.3 is 15.7 Å². The van der Waals surface area contributed by atoms with Crippen molar-refractivity contribution in [2.75, 3.05) is 5.32 Å². The smallest absolute Gasteiger partial charge is 0.325 e. The maximum atomic E-state index is 13.2. The first-order valence-corrected chi connectivity index (χ1v) is 9.72. The Bertz CT molecular complexity index is 1270. The Morgan fingerprint density at radius 1 is 1.09 bits per heavy atom. The van der Waals surface area contributed by atoms with Crippen molar-refractivity contribution in [2.24, 2.45) is 0 Å². The van der Waals surface area contributed by atoms with Gasteiger partial charge in [0.05, 0.1) is 29.2 Å². The van der Waals surface area contributed by atoms with Gasteiger partial charge in [-0.3, -0.25) is 14.6 Å². The number of nitrogens with zero attached hydrogens (tertiary/aromatic N) is 4. The van der Waals surface area contributed by atoms with Gasteiger partial charge in [-0.25, -0.2) is 14.1 Å². The number of benzene rings is 1. The van der Waals surface area contributed by atoms with Gasteiger partial charge in [0.1, 0.15) is 17.7 Å². The van der Waals surface area contributed by atoms with Crippen LogP contribution in [-0.4, -0.2) is 42.8 Å². The maximum Gasteiger partial charge on any atom is 0.325 e. The zero-order valence-electron chi connectivity index (χ0n) is 17.0. The SMILES string of the molecule is CC(Nc1ccc(CNC(=O)c2cncc3c2cnn3-c2ccc(F)cc2)cn1)C(=O)O. The van der Waals surface area contributed by atoms with Crippen LogP contribution in [0.1, 0.15) is 22.8 Å². The molecule has 1 amide bonds. The van der Waals surface area contributed by atoms with Crippen LogP contribution in [-0.2, 0) is 11.3 Å². The third kappa shape index (κ3) is 4.38. The Balaban J connectivity index is 1.47. The number of aliphatic carboxylic acids is 1. The van der Waals surface area contributed by atoms with E-state index < -0.39 is 12.0 Å². The molecule has 0 radical (unpaired) electrons. The van der Waals surface area contributed by atoms with Gasteiger partial charge in [-0.15, -0.1) is 0 Å². The Hall–Kier alpha value is -4.34. The van der Waals surface area contributed by atoms with Crippen molar-refractivity contribution in [3.8, 4) is 5.69 Å². The molecule has 0 aliphatic rings. The van der Waals surface area contributed by atoms with E-state index in [1.165, 1.54) is 25.3 Å². The fraction of sp³-hybridized carbons (Fsp3) is 0.136. The number of anilines is 1. The molecule has 0 saturated carbocycles. The summed E-state index contributed by atoms with van der Waals surface area (Å²) < 4.78 is 14.8. The highest BCUT2D eigenvalue weighted by Gasteiger charge is 2.15. The molecular weight excluding hydrogens is 415 g/mol. The zero-order valence-corrected chi connectivity index (χ0v) is 17.0. The second kappa shape index (κ2) is 8.80. The number of carbonyl (C=O) groups is 2. The van der Waals surface area contributed by atoms with Gasteiger partial charge in [-0.05, 0) is 42.8 Å². The molecule has 162 valence electrons. The van der Waals surface area contributed by atoms with Crippen molar-refractivity contribution in [2.45, 2.75) is 19.5 Å². The predicted octanol–water partition coefficient (Wildman–Crippen LogP) is 2.77. The predicted molar refractivity (Wildman–Crippen MR) is 115 cm³/mol. The minimum Gasteiger partial charge on any atom is -0.480 e. The van der Waals surface area contributed by atoms with Crippen molar-refractivity contribution in [3.05, 3.63) is 78.1 Å². The van der Waals surface area contributed by atoms with Crippen LogP contribution < -0.4 is 10.6 Å².